The van der Waals surface area contributed by atoms with Gasteiger partial charge in [-0.05, 0) is 23.2 Å². The number of alkyl halides is 3. The van der Waals surface area contributed by atoms with E-state index in [1.807, 2.05) is 0 Å². The summed E-state index contributed by atoms with van der Waals surface area (Å²) in [6.45, 7) is 0.403. The maximum absolute atomic E-state index is 12.5. The number of benzene rings is 1. The molecule has 0 spiro atoms. The number of carbonyl (C=O) groups is 1. The second-order valence-corrected chi connectivity index (χ2v) is 8.05. The Morgan fingerprint density at radius 2 is 1.95 bits per heavy atom. The van der Waals surface area contributed by atoms with Gasteiger partial charge in [-0.2, -0.15) is 13.2 Å². The standard InChI is InChI=1S/C14H18F3NO2Si/c1-20-13(19)21(12-3-2-4-12)18-9-10-5-7-11(8-6-10)14(15,16)17/h5-8,12,18,21H,2-4,9H2,1H3/t21-/m0/s1. The van der Waals surface area contributed by atoms with Gasteiger partial charge in [-0.1, -0.05) is 31.4 Å². The average Bonchev–Trinajstić information content (AvgIpc) is 2.39. The molecule has 3 nitrogen and oxygen atoms in total. The van der Waals surface area contributed by atoms with Gasteiger partial charge in [0, 0.05) is 6.54 Å². The van der Waals surface area contributed by atoms with Gasteiger partial charge in [0.05, 0.1) is 12.7 Å². The number of hydrogen-bond acceptors (Lipinski definition) is 3. The topological polar surface area (TPSA) is 38.3 Å². The summed E-state index contributed by atoms with van der Waals surface area (Å²) < 4.78 is 42.3. The third kappa shape index (κ3) is 4.07. The van der Waals surface area contributed by atoms with E-state index in [1.165, 1.54) is 19.2 Å². The lowest BCUT2D eigenvalue weighted by molar-refractivity contribution is -0.137. The second kappa shape index (κ2) is 6.61. The van der Waals surface area contributed by atoms with Gasteiger partial charge >= 0.3 is 6.18 Å². The van der Waals surface area contributed by atoms with Crippen molar-refractivity contribution < 1.29 is 22.7 Å². The van der Waals surface area contributed by atoms with E-state index in [0.29, 0.717) is 12.1 Å². The molecule has 1 fully saturated rings. The van der Waals surface area contributed by atoms with Crippen molar-refractivity contribution in [1.82, 2.24) is 4.98 Å². The molecule has 0 saturated heterocycles. The van der Waals surface area contributed by atoms with E-state index in [-0.39, 0.29) is 5.59 Å². The summed E-state index contributed by atoms with van der Waals surface area (Å²) in [5, 5.41) is 0. The summed E-state index contributed by atoms with van der Waals surface area (Å²) in [4.78, 5) is 15.0. The number of nitrogens with one attached hydrogen (secondary N) is 1. The number of ether oxygens (including phenoxy) is 1. The van der Waals surface area contributed by atoms with Crippen molar-refractivity contribution in [3.63, 3.8) is 0 Å². The summed E-state index contributed by atoms with van der Waals surface area (Å²) in [5.41, 5.74) is 0.300. The molecule has 0 bridgehead atoms. The largest absolute Gasteiger partial charge is 0.472 e. The zero-order valence-electron chi connectivity index (χ0n) is 11.7. The van der Waals surface area contributed by atoms with E-state index in [9.17, 15) is 18.0 Å². The van der Waals surface area contributed by atoms with Crippen molar-refractivity contribution >= 4 is 14.6 Å². The first-order valence-electron chi connectivity index (χ1n) is 6.89. The molecular formula is C14H18F3NO2Si. The number of methoxy groups -OCH3 is 1. The molecule has 1 saturated carbocycles. The maximum atomic E-state index is 12.5. The highest BCUT2D eigenvalue weighted by Crippen LogP contribution is 2.35. The molecule has 2 rings (SSSR count). The van der Waals surface area contributed by atoms with E-state index in [1.54, 1.807) is 0 Å². The van der Waals surface area contributed by atoms with Crippen molar-refractivity contribution in [3.8, 4) is 0 Å². The van der Waals surface area contributed by atoms with E-state index >= 15 is 0 Å². The molecule has 1 atom stereocenters. The summed E-state index contributed by atoms with van der Waals surface area (Å²) >= 11 is 0. The van der Waals surface area contributed by atoms with Crippen molar-refractivity contribution in [2.75, 3.05) is 7.11 Å². The Morgan fingerprint density at radius 3 is 2.38 bits per heavy atom. The summed E-state index contributed by atoms with van der Waals surface area (Å²) in [5.74, 6) is 0. The van der Waals surface area contributed by atoms with Crippen molar-refractivity contribution in [2.24, 2.45) is 0 Å². The van der Waals surface area contributed by atoms with Crippen molar-refractivity contribution in [1.29, 1.82) is 0 Å². The molecular weight excluding hydrogens is 299 g/mol. The molecule has 0 aromatic heterocycles. The number of halogens is 3. The van der Waals surface area contributed by atoms with E-state index in [2.05, 4.69) is 4.98 Å². The van der Waals surface area contributed by atoms with Crippen LogP contribution in [0.1, 0.15) is 30.4 Å². The molecule has 7 heteroatoms. The Bertz CT molecular complexity index is 486. The van der Waals surface area contributed by atoms with Crippen LogP contribution in [-0.4, -0.2) is 21.7 Å². The number of rotatable bonds is 5. The van der Waals surface area contributed by atoms with Crippen LogP contribution in [0.15, 0.2) is 24.3 Å². The summed E-state index contributed by atoms with van der Waals surface area (Å²) in [6.07, 6.45) is -1.12. The molecule has 0 heterocycles. The minimum atomic E-state index is -4.32. The van der Waals surface area contributed by atoms with E-state index in [0.717, 1.165) is 37.0 Å². The van der Waals surface area contributed by atoms with Crippen LogP contribution >= 0.6 is 0 Å². The van der Waals surface area contributed by atoms with E-state index in [4.69, 9.17) is 4.74 Å². The molecule has 1 aromatic carbocycles. The summed E-state index contributed by atoms with van der Waals surface area (Å²) in [7, 11) is -0.508. The maximum Gasteiger partial charge on any atom is 0.416 e. The molecule has 0 unspecified atom stereocenters. The molecule has 1 aromatic rings. The van der Waals surface area contributed by atoms with Gasteiger partial charge in [-0.15, -0.1) is 0 Å². The quantitative estimate of drug-likeness (QED) is 0.846. The first-order chi connectivity index (χ1) is 9.91. The minimum absolute atomic E-state index is 0.174. The molecule has 1 aliphatic carbocycles. The first-order valence-corrected chi connectivity index (χ1v) is 8.71. The fourth-order valence-electron chi connectivity index (χ4n) is 2.38. The highest BCUT2D eigenvalue weighted by Gasteiger charge is 2.35. The first kappa shape index (κ1) is 16.0. The third-order valence-electron chi connectivity index (χ3n) is 3.88. The third-order valence-corrected chi connectivity index (χ3v) is 6.88. The summed E-state index contributed by atoms with van der Waals surface area (Å²) in [6, 6.07) is 5.02. The Balaban J connectivity index is 1.95. The van der Waals surface area contributed by atoms with Gasteiger partial charge in [-0.25, -0.2) is 0 Å². The molecule has 1 aliphatic rings. The van der Waals surface area contributed by atoms with Crippen molar-refractivity contribution in [2.45, 2.75) is 37.5 Å². The van der Waals surface area contributed by atoms with Crippen LogP contribution in [0.5, 0.6) is 0 Å². The Labute approximate surface area is 123 Å². The number of hydrogen-bond donors (Lipinski definition) is 1. The molecule has 0 radical (unpaired) electrons. The van der Waals surface area contributed by atoms with Gasteiger partial charge < -0.3 is 9.72 Å². The van der Waals surface area contributed by atoms with Gasteiger partial charge in [0.25, 0.3) is 5.59 Å². The SMILES string of the molecule is COC(=O)[Si@@H](NCc1ccc(C(F)(F)F)cc1)C1CCC1. The lowest BCUT2D eigenvalue weighted by Crippen LogP contribution is -2.47. The van der Waals surface area contributed by atoms with E-state index < -0.39 is 20.7 Å². The zero-order chi connectivity index (χ0) is 15.5. The fraction of sp³-hybridized carbons (Fsp3) is 0.500. The molecule has 1 N–H and O–H groups in total. The van der Waals surface area contributed by atoms with Crippen LogP contribution in [0.3, 0.4) is 0 Å². The second-order valence-electron chi connectivity index (χ2n) is 5.27. The molecule has 0 aliphatic heterocycles. The van der Waals surface area contributed by atoms with Crippen molar-refractivity contribution in [3.05, 3.63) is 35.4 Å². The lowest BCUT2D eigenvalue weighted by atomic mass is 10.00. The average molecular weight is 317 g/mol. The monoisotopic (exact) mass is 317 g/mol. The van der Waals surface area contributed by atoms with Crippen LogP contribution in [0.2, 0.25) is 5.54 Å². The smallest absolute Gasteiger partial charge is 0.416 e. The van der Waals surface area contributed by atoms with Gasteiger partial charge in [-0.3, -0.25) is 4.79 Å². The predicted octanol–water partition coefficient (Wildman–Crippen LogP) is 3.42. The Kier molecular flexibility index (Phi) is 5.05. The Hall–Kier alpha value is -1.34. The van der Waals surface area contributed by atoms with Gasteiger partial charge in [0.1, 0.15) is 0 Å². The fourth-order valence-corrected chi connectivity index (χ4v) is 5.11. The molecule has 116 valence electrons. The highest BCUT2D eigenvalue weighted by molar-refractivity contribution is 6.87. The van der Waals surface area contributed by atoms with Crippen LogP contribution < -0.4 is 4.98 Å². The van der Waals surface area contributed by atoms with Gasteiger partial charge in [0.2, 0.25) is 8.96 Å². The molecule has 0 amide bonds. The Morgan fingerprint density at radius 1 is 1.33 bits per heavy atom. The normalized spacial score (nSPS) is 17.1. The lowest BCUT2D eigenvalue weighted by Gasteiger charge is -2.31. The van der Waals surface area contributed by atoms with Crippen LogP contribution in [0.25, 0.3) is 0 Å². The zero-order valence-corrected chi connectivity index (χ0v) is 12.9. The molecule has 21 heavy (non-hydrogen) atoms. The highest BCUT2D eigenvalue weighted by atomic mass is 28.3. The van der Waals surface area contributed by atoms with Crippen LogP contribution in [0, 0.1) is 0 Å². The van der Waals surface area contributed by atoms with Gasteiger partial charge in [0.15, 0.2) is 0 Å². The van der Waals surface area contributed by atoms with Crippen LogP contribution in [-0.2, 0) is 17.5 Å². The predicted molar refractivity (Wildman–Crippen MR) is 75.4 cm³/mol. The number of carbonyl (C=O) groups excluding carboxylic acids is 1. The van der Waals surface area contributed by atoms with Crippen LogP contribution in [0.4, 0.5) is 18.0 Å². The minimum Gasteiger partial charge on any atom is -0.472 e.